The Labute approximate surface area is 192 Å². The molecule has 0 radical (unpaired) electrons. The van der Waals surface area contributed by atoms with Crippen molar-refractivity contribution in [2.24, 2.45) is 7.05 Å². The Morgan fingerprint density at radius 2 is 1.77 bits per heavy atom. The third-order valence-electron chi connectivity index (χ3n) is 6.36. The van der Waals surface area contributed by atoms with Crippen molar-refractivity contribution in [1.29, 1.82) is 0 Å². The summed E-state index contributed by atoms with van der Waals surface area (Å²) in [5, 5.41) is 3.11. The number of carbonyl (C=O) groups is 1. The summed E-state index contributed by atoms with van der Waals surface area (Å²) >= 11 is 3.62. The average Bonchev–Trinajstić information content (AvgIpc) is 3.08. The van der Waals surface area contributed by atoms with E-state index in [4.69, 9.17) is 4.98 Å². The van der Waals surface area contributed by atoms with Crippen LogP contribution in [0, 0.1) is 13.8 Å². The molecule has 0 bridgehead atoms. The first-order valence-corrected chi connectivity index (χ1v) is 11.5. The molecule has 4 rings (SSSR count). The van der Waals surface area contributed by atoms with Crippen LogP contribution in [0.4, 0.5) is 5.69 Å². The van der Waals surface area contributed by atoms with Gasteiger partial charge in [-0.1, -0.05) is 40.2 Å². The minimum Gasteiger partial charge on any atom is -0.327 e. The van der Waals surface area contributed by atoms with E-state index < -0.39 is 0 Å². The highest BCUT2D eigenvalue weighted by molar-refractivity contribution is 9.10. The second-order valence-corrected chi connectivity index (χ2v) is 9.40. The van der Waals surface area contributed by atoms with Gasteiger partial charge in [-0.15, -0.1) is 0 Å². The highest BCUT2D eigenvalue weighted by Crippen LogP contribution is 2.33. The molecule has 1 amide bonds. The molecule has 0 atom stereocenters. The maximum absolute atomic E-state index is 13.2. The van der Waals surface area contributed by atoms with Crippen molar-refractivity contribution in [2.45, 2.75) is 46.7 Å². The van der Waals surface area contributed by atoms with Crippen LogP contribution in [0.25, 0.3) is 11.1 Å². The van der Waals surface area contributed by atoms with E-state index in [0.717, 1.165) is 57.7 Å². The number of carbonyl (C=O) groups excluding carboxylic acids is 1. The Balaban J connectivity index is 1.63. The number of nitrogens with zero attached hydrogens (tertiary/aromatic N) is 3. The number of hydrogen-bond donors (Lipinski definition) is 1. The number of nitrogens with one attached hydrogen (secondary N) is 1. The average molecular weight is 481 g/mol. The fourth-order valence-electron chi connectivity index (χ4n) is 4.33. The van der Waals surface area contributed by atoms with Gasteiger partial charge in [-0.25, -0.2) is 4.98 Å². The number of amides is 1. The lowest BCUT2D eigenvalue weighted by atomic mass is 9.95. The number of benzene rings is 2. The first kappa shape index (κ1) is 21.8. The third-order valence-corrected chi connectivity index (χ3v) is 7.22. The van der Waals surface area contributed by atoms with Gasteiger partial charge >= 0.3 is 0 Å². The van der Waals surface area contributed by atoms with Gasteiger partial charge in [0.05, 0.1) is 5.69 Å². The molecule has 0 aliphatic carbocycles. The Hall–Kier alpha value is -2.44. The van der Waals surface area contributed by atoms with Gasteiger partial charge in [0.2, 0.25) is 0 Å². The summed E-state index contributed by atoms with van der Waals surface area (Å²) in [5.41, 5.74) is 7.49. The van der Waals surface area contributed by atoms with Gasteiger partial charge < -0.3 is 9.88 Å². The van der Waals surface area contributed by atoms with Crippen LogP contribution in [-0.2, 0) is 20.0 Å². The molecule has 5 nitrogen and oxygen atoms in total. The molecule has 0 saturated heterocycles. The molecule has 1 N–H and O–H groups in total. The fraction of sp³-hybridized carbons (Fsp3) is 0.360. The van der Waals surface area contributed by atoms with Crippen molar-refractivity contribution in [3.8, 4) is 11.1 Å². The van der Waals surface area contributed by atoms with E-state index in [1.165, 1.54) is 5.56 Å². The van der Waals surface area contributed by atoms with Gasteiger partial charge in [0.1, 0.15) is 0 Å². The number of fused-ring (bicyclic) bond motifs is 1. The van der Waals surface area contributed by atoms with Crippen molar-refractivity contribution >= 4 is 27.5 Å². The lowest BCUT2D eigenvalue weighted by Crippen LogP contribution is -2.36. The summed E-state index contributed by atoms with van der Waals surface area (Å²) in [5.74, 6) is 0.304. The molecule has 3 aromatic rings. The number of hydrogen-bond acceptors (Lipinski definition) is 3. The minimum absolute atomic E-state index is 0.167. The molecular weight excluding hydrogens is 452 g/mol. The Morgan fingerprint density at radius 1 is 1.10 bits per heavy atom. The van der Waals surface area contributed by atoms with Crippen LogP contribution in [0.1, 0.15) is 47.0 Å². The molecule has 1 aromatic heterocycles. The maximum Gasteiger partial charge on any atom is 0.291 e. The fourth-order valence-corrected chi connectivity index (χ4v) is 4.70. The van der Waals surface area contributed by atoms with Gasteiger partial charge in [0.25, 0.3) is 5.91 Å². The lowest BCUT2D eigenvalue weighted by molar-refractivity contribution is 0.101. The Morgan fingerprint density at radius 3 is 2.48 bits per heavy atom. The molecule has 0 unspecified atom stereocenters. The molecule has 162 valence electrons. The van der Waals surface area contributed by atoms with E-state index in [0.29, 0.717) is 11.9 Å². The molecule has 31 heavy (non-hydrogen) atoms. The van der Waals surface area contributed by atoms with E-state index >= 15 is 0 Å². The Bertz CT molecular complexity index is 1150. The highest BCUT2D eigenvalue weighted by Gasteiger charge is 2.26. The van der Waals surface area contributed by atoms with Crippen LogP contribution in [-0.4, -0.2) is 32.9 Å². The van der Waals surface area contributed by atoms with E-state index in [9.17, 15) is 4.79 Å². The molecule has 1 aliphatic rings. The van der Waals surface area contributed by atoms with Crippen molar-refractivity contribution in [3.05, 3.63) is 69.2 Å². The summed E-state index contributed by atoms with van der Waals surface area (Å²) < 4.78 is 3.04. The topological polar surface area (TPSA) is 50.2 Å². The van der Waals surface area contributed by atoms with Crippen LogP contribution in [0.3, 0.4) is 0 Å². The van der Waals surface area contributed by atoms with Crippen molar-refractivity contribution in [1.82, 2.24) is 14.5 Å². The molecule has 0 spiro atoms. The molecule has 2 heterocycles. The zero-order valence-corrected chi connectivity index (χ0v) is 20.4. The zero-order valence-electron chi connectivity index (χ0n) is 18.8. The normalized spacial score (nSPS) is 14.0. The molecule has 0 fully saturated rings. The Kier molecular flexibility index (Phi) is 6.04. The van der Waals surface area contributed by atoms with Crippen LogP contribution in [0.5, 0.6) is 0 Å². The van der Waals surface area contributed by atoms with Gasteiger partial charge in [-0.2, -0.15) is 0 Å². The SMILES string of the molecule is Cc1c(Br)cccc1-c1cccc(NC(=O)c2nc3c(n2C)CCN(C(C)C)C3)c1C. The third kappa shape index (κ3) is 4.06. The summed E-state index contributed by atoms with van der Waals surface area (Å²) in [6.07, 6.45) is 0.918. The first-order chi connectivity index (χ1) is 14.8. The smallest absolute Gasteiger partial charge is 0.291 e. The standard InChI is InChI=1S/C25H29BrN4O/c1-15(2)30-13-12-23-22(14-30)27-24(29(23)5)25(31)28-21-11-7-9-19(17(21)4)18-8-6-10-20(26)16(18)3/h6-11,15H,12-14H2,1-5H3,(H,28,31). The van der Waals surface area contributed by atoms with Crippen LogP contribution < -0.4 is 5.32 Å². The minimum atomic E-state index is -0.167. The molecule has 2 aromatic carbocycles. The molecule has 0 saturated carbocycles. The van der Waals surface area contributed by atoms with E-state index in [2.05, 4.69) is 66.0 Å². The quantitative estimate of drug-likeness (QED) is 0.537. The van der Waals surface area contributed by atoms with Crippen molar-refractivity contribution in [3.63, 3.8) is 0 Å². The number of aromatic nitrogens is 2. The summed E-state index contributed by atoms with van der Waals surface area (Å²) in [7, 11) is 1.94. The maximum atomic E-state index is 13.2. The first-order valence-electron chi connectivity index (χ1n) is 10.7. The number of halogens is 1. The summed E-state index contributed by atoms with van der Waals surface area (Å²) in [6.45, 7) is 10.3. The van der Waals surface area contributed by atoms with E-state index in [-0.39, 0.29) is 5.91 Å². The monoisotopic (exact) mass is 480 g/mol. The number of anilines is 1. The van der Waals surface area contributed by atoms with Crippen LogP contribution in [0.2, 0.25) is 0 Å². The van der Waals surface area contributed by atoms with Crippen molar-refractivity contribution < 1.29 is 4.79 Å². The molecular formula is C25H29BrN4O. The molecule has 1 aliphatic heterocycles. The summed E-state index contributed by atoms with van der Waals surface area (Å²) in [6, 6.07) is 12.7. The molecule has 6 heteroatoms. The van der Waals surface area contributed by atoms with Crippen LogP contribution in [0.15, 0.2) is 40.9 Å². The predicted molar refractivity (Wildman–Crippen MR) is 129 cm³/mol. The largest absolute Gasteiger partial charge is 0.327 e. The second-order valence-electron chi connectivity index (χ2n) is 8.55. The summed E-state index contributed by atoms with van der Waals surface area (Å²) in [4.78, 5) is 20.3. The van der Waals surface area contributed by atoms with Crippen molar-refractivity contribution in [2.75, 3.05) is 11.9 Å². The van der Waals surface area contributed by atoms with E-state index in [1.54, 1.807) is 0 Å². The van der Waals surface area contributed by atoms with E-state index in [1.807, 2.05) is 35.9 Å². The lowest BCUT2D eigenvalue weighted by Gasteiger charge is -2.29. The second kappa shape index (κ2) is 8.60. The van der Waals surface area contributed by atoms with Gasteiger partial charge in [0, 0.05) is 48.5 Å². The number of imidazole rings is 1. The highest BCUT2D eigenvalue weighted by atomic mass is 79.9. The zero-order chi connectivity index (χ0) is 22.3. The van der Waals surface area contributed by atoms with Gasteiger partial charge in [0.15, 0.2) is 5.82 Å². The van der Waals surface area contributed by atoms with Gasteiger partial charge in [-0.05, 0) is 62.1 Å². The van der Waals surface area contributed by atoms with Gasteiger partial charge in [-0.3, -0.25) is 9.69 Å². The predicted octanol–water partition coefficient (Wildman–Crippen LogP) is 5.49. The van der Waals surface area contributed by atoms with Crippen LogP contribution >= 0.6 is 15.9 Å². The number of rotatable bonds is 4.